The zero-order valence-corrected chi connectivity index (χ0v) is 14.9. The van der Waals surface area contributed by atoms with Crippen molar-refractivity contribution in [1.82, 2.24) is 15.2 Å². The number of carbonyl (C=O) groups is 1. The topological polar surface area (TPSA) is 54.5 Å². The van der Waals surface area contributed by atoms with E-state index in [1.165, 1.54) is 0 Å². The summed E-state index contributed by atoms with van der Waals surface area (Å²) in [4.78, 5) is 19.7. The van der Waals surface area contributed by atoms with Gasteiger partial charge in [-0.15, -0.1) is 11.3 Å². The quantitative estimate of drug-likeness (QED) is 0.845. The highest BCUT2D eigenvalue weighted by Crippen LogP contribution is 2.34. The van der Waals surface area contributed by atoms with Crippen LogP contribution in [0.15, 0.2) is 24.3 Å². The summed E-state index contributed by atoms with van der Waals surface area (Å²) in [5, 5.41) is 3.82. The molecule has 0 fully saturated rings. The maximum absolute atomic E-state index is 12.0. The van der Waals surface area contributed by atoms with Crippen molar-refractivity contribution in [3.63, 3.8) is 0 Å². The van der Waals surface area contributed by atoms with E-state index in [9.17, 15) is 4.79 Å². The Kier molecular flexibility index (Phi) is 6.12. The summed E-state index contributed by atoms with van der Waals surface area (Å²) in [5.41, 5.74) is 1.86. The predicted molar refractivity (Wildman–Crippen MR) is 94.1 cm³/mol. The molecule has 1 N–H and O–H groups in total. The van der Waals surface area contributed by atoms with Gasteiger partial charge in [0.25, 0.3) is 0 Å². The standard InChI is InChI=1S/C17H23N3O2S/c1-12-15(11-16(21)18-9-10-20(2)3)23-17(19-12)13-7-5-6-8-14(13)22-4/h5-8H,9-11H2,1-4H3,(H,18,21). The summed E-state index contributed by atoms with van der Waals surface area (Å²) in [7, 11) is 5.62. The van der Waals surface area contributed by atoms with Gasteiger partial charge in [-0.25, -0.2) is 4.98 Å². The van der Waals surface area contributed by atoms with E-state index in [0.717, 1.165) is 33.4 Å². The SMILES string of the molecule is COc1ccccc1-c1nc(C)c(CC(=O)NCCN(C)C)s1. The molecule has 1 aromatic heterocycles. The van der Waals surface area contributed by atoms with Gasteiger partial charge in [0.1, 0.15) is 10.8 Å². The lowest BCUT2D eigenvalue weighted by Gasteiger charge is -2.10. The molecule has 5 nitrogen and oxygen atoms in total. The van der Waals surface area contributed by atoms with E-state index in [2.05, 4.69) is 10.3 Å². The van der Waals surface area contributed by atoms with E-state index in [1.807, 2.05) is 50.2 Å². The third-order valence-electron chi connectivity index (χ3n) is 3.43. The lowest BCUT2D eigenvalue weighted by atomic mass is 10.2. The Hall–Kier alpha value is -1.92. The fourth-order valence-electron chi connectivity index (χ4n) is 2.16. The summed E-state index contributed by atoms with van der Waals surface area (Å²) in [6.45, 7) is 3.43. The van der Waals surface area contributed by atoms with E-state index < -0.39 is 0 Å². The summed E-state index contributed by atoms with van der Waals surface area (Å²) < 4.78 is 5.39. The molecule has 1 heterocycles. The van der Waals surface area contributed by atoms with E-state index in [4.69, 9.17) is 4.74 Å². The van der Waals surface area contributed by atoms with Gasteiger partial charge < -0.3 is 15.0 Å². The normalized spacial score (nSPS) is 10.8. The predicted octanol–water partition coefficient (Wildman–Crippen LogP) is 2.35. The van der Waals surface area contributed by atoms with Crippen LogP contribution >= 0.6 is 11.3 Å². The number of nitrogens with one attached hydrogen (secondary N) is 1. The van der Waals surface area contributed by atoms with Crippen LogP contribution in [-0.2, 0) is 11.2 Å². The van der Waals surface area contributed by atoms with Gasteiger partial charge in [-0.1, -0.05) is 12.1 Å². The number of likely N-dealkylation sites (N-methyl/N-ethyl adjacent to an activating group) is 1. The summed E-state index contributed by atoms with van der Waals surface area (Å²) in [6, 6.07) is 7.79. The summed E-state index contributed by atoms with van der Waals surface area (Å²) in [5.74, 6) is 0.827. The fourth-order valence-corrected chi connectivity index (χ4v) is 3.25. The van der Waals surface area contributed by atoms with Crippen molar-refractivity contribution in [2.24, 2.45) is 0 Å². The maximum atomic E-state index is 12.0. The van der Waals surface area contributed by atoms with Crippen LogP contribution in [0.1, 0.15) is 10.6 Å². The van der Waals surface area contributed by atoms with Crippen molar-refractivity contribution < 1.29 is 9.53 Å². The number of hydrogen-bond donors (Lipinski definition) is 1. The Bertz CT molecular complexity index is 668. The third kappa shape index (κ3) is 4.77. The van der Waals surface area contributed by atoms with Crippen molar-refractivity contribution >= 4 is 17.2 Å². The lowest BCUT2D eigenvalue weighted by Crippen LogP contribution is -2.32. The number of amides is 1. The van der Waals surface area contributed by atoms with E-state index in [-0.39, 0.29) is 5.91 Å². The van der Waals surface area contributed by atoms with Gasteiger partial charge in [0.05, 0.1) is 24.8 Å². The molecule has 6 heteroatoms. The molecule has 0 aliphatic rings. The first kappa shape index (κ1) is 17.4. The maximum Gasteiger partial charge on any atom is 0.225 e. The van der Waals surface area contributed by atoms with Gasteiger partial charge in [-0.05, 0) is 33.2 Å². The van der Waals surface area contributed by atoms with Crippen LogP contribution < -0.4 is 10.1 Å². The molecule has 0 bridgehead atoms. The smallest absolute Gasteiger partial charge is 0.225 e. The van der Waals surface area contributed by atoms with Crippen LogP contribution in [0, 0.1) is 6.92 Å². The Balaban J connectivity index is 2.08. The molecule has 2 aromatic rings. The zero-order valence-electron chi connectivity index (χ0n) is 14.0. The van der Waals surface area contributed by atoms with Crippen LogP contribution in [0.2, 0.25) is 0 Å². The molecule has 0 unspecified atom stereocenters. The number of carbonyl (C=O) groups excluding carboxylic acids is 1. The first-order valence-corrected chi connectivity index (χ1v) is 8.34. The molecular formula is C17H23N3O2S. The number of methoxy groups -OCH3 is 1. The van der Waals surface area contributed by atoms with Crippen molar-refractivity contribution in [1.29, 1.82) is 0 Å². The average Bonchev–Trinajstić information content (AvgIpc) is 2.87. The second-order valence-corrected chi connectivity index (χ2v) is 6.64. The van der Waals surface area contributed by atoms with Crippen LogP contribution in [-0.4, -0.2) is 50.1 Å². The van der Waals surface area contributed by atoms with Gasteiger partial charge in [-0.3, -0.25) is 4.79 Å². The van der Waals surface area contributed by atoms with Crippen molar-refractivity contribution in [3.05, 3.63) is 34.8 Å². The first-order valence-electron chi connectivity index (χ1n) is 7.52. The second kappa shape index (κ2) is 8.08. The number of aryl methyl sites for hydroxylation is 1. The van der Waals surface area contributed by atoms with Gasteiger partial charge in [-0.2, -0.15) is 0 Å². The highest BCUT2D eigenvalue weighted by Gasteiger charge is 2.15. The average molecular weight is 333 g/mol. The van der Waals surface area contributed by atoms with Crippen LogP contribution in [0.25, 0.3) is 10.6 Å². The molecule has 1 aromatic carbocycles. The Morgan fingerprint density at radius 1 is 1.35 bits per heavy atom. The molecule has 0 aliphatic heterocycles. The number of aromatic nitrogens is 1. The number of benzene rings is 1. The Labute approximate surface area is 141 Å². The largest absolute Gasteiger partial charge is 0.496 e. The Morgan fingerprint density at radius 3 is 2.78 bits per heavy atom. The van der Waals surface area contributed by atoms with E-state index in [1.54, 1.807) is 18.4 Å². The minimum atomic E-state index is 0.0326. The van der Waals surface area contributed by atoms with E-state index in [0.29, 0.717) is 13.0 Å². The first-order chi connectivity index (χ1) is 11.0. The van der Waals surface area contributed by atoms with Gasteiger partial charge in [0, 0.05) is 18.0 Å². The summed E-state index contributed by atoms with van der Waals surface area (Å²) >= 11 is 1.55. The minimum absolute atomic E-state index is 0.0326. The van der Waals surface area contributed by atoms with E-state index >= 15 is 0 Å². The number of thiazole rings is 1. The number of rotatable bonds is 7. The van der Waals surface area contributed by atoms with Gasteiger partial charge >= 0.3 is 0 Å². The molecule has 0 aliphatic carbocycles. The molecule has 1 amide bonds. The fraction of sp³-hybridized carbons (Fsp3) is 0.412. The van der Waals surface area contributed by atoms with Gasteiger partial charge in [0.2, 0.25) is 5.91 Å². The minimum Gasteiger partial charge on any atom is -0.496 e. The molecule has 0 radical (unpaired) electrons. The zero-order chi connectivity index (χ0) is 16.8. The van der Waals surface area contributed by atoms with Crippen molar-refractivity contribution in [2.45, 2.75) is 13.3 Å². The number of para-hydroxylation sites is 1. The van der Waals surface area contributed by atoms with Crippen LogP contribution in [0.5, 0.6) is 5.75 Å². The molecule has 124 valence electrons. The summed E-state index contributed by atoms with van der Waals surface area (Å²) in [6.07, 6.45) is 0.367. The number of hydrogen-bond acceptors (Lipinski definition) is 5. The molecule has 0 saturated heterocycles. The highest BCUT2D eigenvalue weighted by molar-refractivity contribution is 7.15. The number of ether oxygens (including phenoxy) is 1. The molecule has 23 heavy (non-hydrogen) atoms. The molecule has 0 spiro atoms. The molecule has 2 rings (SSSR count). The third-order valence-corrected chi connectivity index (χ3v) is 4.62. The molecule has 0 saturated carbocycles. The number of nitrogens with zero attached hydrogens (tertiary/aromatic N) is 2. The Morgan fingerprint density at radius 2 is 2.09 bits per heavy atom. The second-order valence-electron chi connectivity index (χ2n) is 5.56. The van der Waals surface area contributed by atoms with Gasteiger partial charge in [0.15, 0.2) is 0 Å². The van der Waals surface area contributed by atoms with Crippen molar-refractivity contribution in [2.75, 3.05) is 34.3 Å². The molecular weight excluding hydrogens is 310 g/mol. The van der Waals surface area contributed by atoms with Crippen molar-refractivity contribution in [3.8, 4) is 16.3 Å². The lowest BCUT2D eigenvalue weighted by molar-refractivity contribution is -0.120. The van der Waals surface area contributed by atoms with Crippen LogP contribution in [0.4, 0.5) is 0 Å². The molecule has 0 atom stereocenters. The van der Waals surface area contributed by atoms with Crippen LogP contribution in [0.3, 0.4) is 0 Å². The monoisotopic (exact) mass is 333 g/mol. The highest BCUT2D eigenvalue weighted by atomic mass is 32.1.